The number of ketones is 1. The number of aliphatic hydroxyl groups excluding tert-OH is 3. The van der Waals surface area contributed by atoms with Crippen LogP contribution in [0.1, 0.15) is 37.8 Å². The number of nitrogens with one attached hydrogen (secondary N) is 1. The normalized spacial score (nSPS) is 23.6. The maximum atomic E-state index is 11.9. The smallest absolute Gasteiger partial charge is 0.302 e. The Balaban J connectivity index is 1.45. The van der Waals surface area contributed by atoms with Crippen molar-refractivity contribution < 1.29 is 58.2 Å². The predicted octanol–water partition coefficient (Wildman–Crippen LogP) is -1.09. The fourth-order valence-corrected chi connectivity index (χ4v) is 4.30. The molecule has 1 aromatic carbocycles. The lowest BCUT2D eigenvalue weighted by Crippen LogP contribution is -2.60. The van der Waals surface area contributed by atoms with E-state index in [1.165, 1.54) is 26.0 Å². The minimum absolute atomic E-state index is 0.000220. The molecule has 2 aliphatic heterocycles. The molecular formula is C28H36N2O12. The Kier molecular flexibility index (Phi) is 12.1. The third kappa shape index (κ3) is 9.16. The third-order valence-corrected chi connectivity index (χ3v) is 6.55. The van der Waals surface area contributed by atoms with Gasteiger partial charge < -0.3 is 39.6 Å². The van der Waals surface area contributed by atoms with Gasteiger partial charge in [-0.3, -0.25) is 28.9 Å². The number of rotatable bonds is 15. The van der Waals surface area contributed by atoms with E-state index in [0.29, 0.717) is 25.0 Å². The van der Waals surface area contributed by atoms with Crippen molar-refractivity contribution in [3.63, 3.8) is 0 Å². The fraction of sp³-hybridized carbons (Fsp3) is 0.536. The largest absolute Gasteiger partial charge is 0.462 e. The van der Waals surface area contributed by atoms with E-state index in [4.69, 9.17) is 18.9 Å². The Hall–Kier alpha value is -3.69. The van der Waals surface area contributed by atoms with Gasteiger partial charge in [-0.05, 0) is 37.5 Å². The fourth-order valence-electron chi connectivity index (χ4n) is 4.30. The van der Waals surface area contributed by atoms with Gasteiger partial charge in [0.15, 0.2) is 5.78 Å². The topological polar surface area (TPSA) is 198 Å². The van der Waals surface area contributed by atoms with Crippen LogP contribution in [0.2, 0.25) is 0 Å². The molecule has 3 rings (SSSR count). The molecule has 0 spiro atoms. The highest BCUT2D eigenvalue weighted by atomic mass is 16.7. The number of carbonyl (C=O) groups is 5. The average molecular weight is 593 g/mol. The van der Waals surface area contributed by atoms with Crippen molar-refractivity contribution in [2.45, 2.75) is 70.4 Å². The van der Waals surface area contributed by atoms with Gasteiger partial charge in [0.25, 0.3) is 11.8 Å². The van der Waals surface area contributed by atoms with E-state index < -0.39 is 54.3 Å². The highest BCUT2D eigenvalue weighted by Crippen LogP contribution is 2.28. The molecular weight excluding hydrogens is 556 g/mol. The van der Waals surface area contributed by atoms with E-state index in [1.807, 2.05) is 0 Å². The first kappa shape index (κ1) is 32.8. The van der Waals surface area contributed by atoms with Gasteiger partial charge in [-0.2, -0.15) is 0 Å². The first-order chi connectivity index (χ1) is 20.0. The molecule has 14 nitrogen and oxygen atoms in total. The van der Waals surface area contributed by atoms with Gasteiger partial charge in [0.2, 0.25) is 12.2 Å². The van der Waals surface area contributed by atoms with Crippen molar-refractivity contribution in [1.29, 1.82) is 0 Å². The van der Waals surface area contributed by atoms with Crippen LogP contribution in [-0.4, -0.2) is 107 Å². The summed E-state index contributed by atoms with van der Waals surface area (Å²) < 4.78 is 21.8. The van der Waals surface area contributed by atoms with Crippen LogP contribution in [0, 0.1) is 0 Å². The van der Waals surface area contributed by atoms with Gasteiger partial charge >= 0.3 is 5.97 Å². The summed E-state index contributed by atoms with van der Waals surface area (Å²) in [7, 11) is 0. The van der Waals surface area contributed by atoms with E-state index in [1.54, 1.807) is 18.2 Å². The molecule has 0 bridgehead atoms. The lowest BCUT2D eigenvalue weighted by Gasteiger charge is -2.39. The minimum atomic E-state index is -1.68. The highest BCUT2D eigenvalue weighted by molar-refractivity contribution is 6.13. The van der Waals surface area contributed by atoms with Gasteiger partial charge in [0.05, 0.1) is 6.61 Å². The van der Waals surface area contributed by atoms with E-state index >= 15 is 0 Å². The van der Waals surface area contributed by atoms with E-state index in [0.717, 1.165) is 10.5 Å². The number of imide groups is 1. The molecule has 1 aromatic rings. The number of nitrogens with zero attached hydrogens (tertiary/aromatic N) is 1. The Morgan fingerprint density at radius 1 is 1.00 bits per heavy atom. The summed E-state index contributed by atoms with van der Waals surface area (Å²) in [5, 5.41) is 33.2. The second-order valence-corrected chi connectivity index (χ2v) is 9.83. The molecule has 1 saturated heterocycles. The SMILES string of the molecule is CC(=O)OCc1cc(CCCOCCNC(=O)CCN2C(=O)C=CC2=O)ccc1O[C@@H]1O[C@H](C(C)=O)[C@@H](O)[C@H](O)[C@H]1O. The molecule has 1 fully saturated rings. The molecule has 0 saturated carbocycles. The zero-order valence-electron chi connectivity index (χ0n) is 23.4. The Morgan fingerprint density at radius 3 is 2.38 bits per heavy atom. The zero-order valence-corrected chi connectivity index (χ0v) is 23.4. The van der Waals surface area contributed by atoms with Gasteiger partial charge in [-0.15, -0.1) is 0 Å². The summed E-state index contributed by atoms with van der Waals surface area (Å²) >= 11 is 0. The standard InChI is InChI=1S/C28H36N2O12/c1-16(31)27-25(37)24(36)26(38)28(42-27)41-20-6-5-18(14-19(20)15-40-17(2)32)4-3-12-39-13-10-29-21(33)9-11-30-22(34)7-8-23(30)35/h5-8,14,24-28,36-38H,3-4,9-13,15H2,1-2H3,(H,29,33)/t24-,25-,26+,27+,28+/m0/s1. The first-order valence-electron chi connectivity index (χ1n) is 13.5. The van der Waals surface area contributed by atoms with Crippen molar-refractivity contribution in [3.8, 4) is 5.75 Å². The van der Waals surface area contributed by atoms with Gasteiger partial charge in [0, 0.05) is 50.8 Å². The van der Waals surface area contributed by atoms with Crippen molar-refractivity contribution in [3.05, 3.63) is 41.5 Å². The summed E-state index contributed by atoms with van der Waals surface area (Å²) in [6.45, 7) is 3.23. The number of Topliss-reactive ketones (excluding diaryl/α,β-unsaturated/α-hetero) is 1. The summed E-state index contributed by atoms with van der Waals surface area (Å²) in [6.07, 6.45) is -4.24. The maximum Gasteiger partial charge on any atom is 0.302 e. The quantitative estimate of drug-likeness (QED) is 0.109. The number of aryl methyl sites for hydroxylation is 1. The summed E-state index contributed by atoms with van der Waals surface area (Å²) in [6, 6.07) is 5.08. The lowest BCUT2D eigenvalue weighted by atomic mass is 9.97. The van der Waals surface area contributed by atoms with E-state index in [2.05, 4.69) is 5.32 Å². The Morgan fingerprint density at radius 2 is 1.71 bits per heavy atom. The number of hydrogen-bond acceptors (Lipinski definition) is 12. The van der Waals surface area contributed by atoms with Crippen molar-refractivity contribution >= 4 is 29.5 Å². The van der Waals surface area contributed by atoms with Gasteiger partial charge in [-0.25, -0.2) is 0 Å². The average Bonchev–Trinajstić information content (AvgIpc) is 3.27. The molecule has 0 aliphatic carbocycles. The predicted molar refractivity (Wildman–Crippen MR) is 143 cm³/mol. The maximum absolute atomic E-state index is 11.9. The molecule has 5 atom stereocenters. The molecule has 4 N–H and O–H groups in total. The van der Waals surface area contributed by atoms with Crippen molar-refractivity contribution in [2.24, 2.45) is 0 Å². The lowest BCUT2D eigenvalue weighted by molar-refractivity contribution is -0.265. The molecule has 42 heavy (non-hydrogen) atoms. The molecule has 0 unspecified atom stereocenters. The Labute approximate surface area is 242 Å². The summed E-state index contributed by atoms with van der Waals surface area (Å²) in [5.74, 6) is -2.05. The number of aliphatic hydroxyl groups is 3. The van der Waals surface area contributed by atoms with Crippen LogP contribution in [0.15, 0.2) is 30.4 Å². The van der Waals surface area contributed by atoms with Crippen LogP contribution < -0.4 is 10.1 Å². The molecule has 230 valence electrons. The minimum Gasteiger partial charge on any atom is -0.462 e. The molecule has 14 heteroatoms. The van der Waals surface area contributed by atoms with Gasteiger partial charge in [0.1, 0.15) is 36.8 Å². The number of benzene rings is 1. The highest BCUT2D eigenvalue weighted by Gasteiger charge is 2.46. The number of esters is 1. The summed E-state index contributed by atoms with van der Waals surface area (Å²) in [4.78, 5) is 59.1. The summed E-state index contributed by atoms with van der Waals surface area (Å²) in [5.41, 5.74) is 1.32. The monoisotopic (exact) mass is 592 g/mol. The molecule has 2 heterocycles. The van der Waals surface area contributed by atoms with E-state index in [9.17, 15) is 39.3 Å². The van der Waals surface area contributed by atoms with Crippen LogP contribution >= 0.6 is 0 Å². The number of carbonyl (C=O) groups excluding carboxylic acids is 5. The second kappa shape index (κ2) is 15.5. The van der Waals surface area contributed by atoms with Crippen LogP contribution in [0.5, 0.6) is 5.75 Å². The number of amides is 3. The first-order valence-corrected chi connectivity index (χ1v) is 13.5. The van der Waals surface area contributed by atoms with Crippen LogP contribution in [0.4, 0.5) is 0 Å². The molecule has 0 aromatic heterocycles. The molecule has 2 aliphatic rings. The van der Waals surface area contributed by atoms with Gasteiger partial charge in [-0.1, -0.05) is 6.07 Å². The number of hydrogen-bond donors (Lipinski definition) is 4. The van der Waals surface area contributed by atoms with Crippen LogP contribution in [0.25, 0.3) is 0 Å². The van der Waals surface area contributed by atoms with Crippen LogP contribution in [0.3, 0.4) is 0 Å². The van der Waals surface area contributed by atoms with Crippen molar-refractivity contribution in [2.75, 3.05) is 26.3 Å². The number of ether oxygens (including phenoxy) is 4. The van der Waals surface area contributed by atoms with Crippen molar-refractivity contribution in [1.82, 2.24) is 10.2 Å². The van der Waals surface area contributed by atoms with Crippen LogP contribution in [-0.2, 0) is 51.2 Å². The molecule has 3 amide bonds. The zero-order chi connectivity index (χ0) is 30.8. The Bertz CT molecular complexity index is 1170. The second-order valence-electron chi connectivity index (χ2n) is 9.83. The van der Waals surface area contributed by atoms with E-state index in [-0.39, 0.29) is 44.4 Å². The third-order valence-electron chi connectivity index (χ3n) is 6.55. The molecule has 0 radical (unpaired) electrons.